The predicted molar refractivity (Wildman–Crippen MR) is 132 cm³/mol. The van der Waals surface area contributed by atoms with Crippen molar-refractivity contribution in [3.63, 3.8) is 0 Å². The minimum Gasteiger partial charge on any atom is -0.491 e. The summed E-state index contributed by atoms with van der Waals surface area (Å²) in [4.78, 5) is 23.3. The maximum absolute atomic E-state index is 15.7. The van der Waals surface area contributed by atoms with Crippen LogP contribution in [-0.2, 0) is 0 Å². The van der Waals surface area contributed by atoms with Gasteiger partial charge in [-0.05, 0) is 36.4 Å². The highest BCUT2D eigenvalue weighted by Gasteiger charge is 2.27. The third-order valence-electron chi connectivity index (χ3n) is 5.19. The molecule has 2 aromatic carbocycles. The highest BCUT2D eigenvalue weighted by Crippen LogP contribution is 2.35. The number of nitrogens with one attached hydrogen (secondary N) is 3. The normalized spacial score (nSPS) is 11.7. The molecule has 1 unspecified atom stereocenters. The zero-order chi connectivity index (χ0) is 27.1. The number of ether oxygens (including phenoxy) is 2. The van der Waals surface area contributed by atoms with Crippen molar-refractivity contribution in [1.29, 1.82) is 5.41 Å². The molecule has 0 aliphatic rings. The maximum atomic E-state index is 15.7. The summed E-state index contributed by atoms with van der Waals surface area (Å²) in [5, 5.41) is 14.9. The lowest BCUT2D eigenvalue weighted by Crippen LogP contribution is -2.18. The number of aromatic amines is 1. The lowest BCUT2D eigenvalue weighted by molar-refractivity contribution is 0.252. The van der Waals surface area contributed by atoms with Crippen LogP contribution in [0.5, 0.6) is 11.5 Å². The van der Waals surface area contributed by atoms with E-state index in [1.807, 2.05) is 0 Å². The zero-order valence-corrected chi connectivity index (χ0v) is 19.8. The SMILES string of the molecule is N=C(N)c1ccc(NC(c2nn(-c3ncccn3)c(=O)[nH]2)c2cc(OCCF)cc(OCCF)c2F)cc1. The largest absolute Gasteiger partial charge is 0.491 e. The molecule has 11 nitrogen and oxygen atoms in total. The highest BCUT2D eigenvalue weighted by molar-refractivity contribution is 5.95. The fraction of sp³-hybridized carbons (Fsp3) is 0.208. The molecule has 0 saturated carbocycles. The van der Waals surface area contributed by atoms with Gasteiger partial charge in [-0.3, -0.25) is 10.4 Å². The number of alkyl halides is 2. The van der Waals surface area contributed by atoms with E-state index in [-0.39, 0.29) is 41.3 Å². The second kappa shape index (κ2) is 11.9. The second-order valence-corrected chi connectivity index (χ2v) is 7.74. The quantitative estimate of drug-likeness (QED) is 0.162. The number of nitrogens with two attached hydrogens (primary N) is 1. The Morgan fingerprint density at radius 1 is 1.11 bits per heavy atom. The average Bonchev–Trinajstić information content (AvgIpc) is 3.32. The minimum absolute atomic E-state index is 0.0166. The molecule has 4 rings (SSSR count). The Kier molecular flexibility index (Phi) is 8.20. The van der Waals surface area contributed by atoms with Crippen LogP contribution in [0.1, 0.15) is 23.0 Å². The monoisotopic (exact) mass is 528 g/mol. The summed E-state index contributed by atoms with van der Waals surface area (Å²) >= 11 is 0. The third-order valence-corrected chi connectivity index (χ3v) is 5.19. The van der Waals surface area contributed by atoms with Gasteiger partial charge in [-0.2, -0.15) is 0 Å². The Hall–Kier alpha value is -4.88. The van der Waals surface area contributed by atoms with Crippen molar-refractivity contribution in [1.82, 2.24) is 24.7 Å². The van der Waals surface area contributed by atoms with Gasteiger partial charge in [0.2, 0.25) is 0 Å². The smallest absolute Gasteiger partial charge is 0.350 e. The van der Waals surface area contributed by atoms with Crippen LogP contribution in [0, 0.1) is 11.2 Å². The lowest BCUT2D eigenvalue weighted by atomic mass is 10.0. The van der Waals surface area contributed by atoms with Crippen molar-refractivity contribution in [2.75, 3.05) is 31.9 Å². The van der Waals surface area contributed by atoms with Gasteiger partial charge in [0.1, 0.15) is 44.2 Å². The van der Waals surface area contributed by atoms with Crippen LogP contribution < -0.4 is 26.2 Å². The first kappa shape index (κ1) is 26.2. The van der Waals surface area contributed by atoms with Gasteiger partial charge in [-0.25, -0.2) is 27.9 Å². The number of H-pyrrole nitrogens is 1. The number of benzene rings is 2. The van der Waals surface area contributed by atoms with Crippen molar-refractivity contribution in [3.05, 3.63) is 88.1 Å². The van der Waals surface area contributed by atoms with Crippen LogP contribution in [0.15, 0.2) is 59.7 Å². The summed E-state index contributed by atoms with van der Waals surface area (Å²) in [6, 6.07) is 9.24. The van der Waals surface area contributed by atoms with Crippen molar-refractivity contribution in [2.45, 2.75) is 6.04 Å². The number of nitrogens with zero attached hydrogens (tertiary/aromatic N) is 4. The van der Waals surface area contributed by atoms with Crippen molar-refractivity contribution < 1.29 is 22.6 Å². The number of amidine groups is 1. The summed E-state index contributed by atoms with van der Waals surface area (Å²) in [5.74, 6) is -1.35. The summed E-state index contributed by atoms with van der Waals surface area (Å²) in [7, 11) is 0. The van der Waals surface area contributed by atoms with Crippen LogP contribution in [0.3, 0.4) is 0 Å². The summed E-state index contributed by atoms with van der Waals surface area (Å²) in [6.07, 6.45) is 2.85. The van der Waals surface area contributed by atoms with E-state index in [9.17, 15) is 13.6 Å². The Bertz CT molecular complexity index is 1440. The second-order valence-electron chi connectivity index (χ2n) is 7.74. The molecule has 198 valence electrons. The molecule has 0 aliphatic carbocycles. The molecule has 2 aromatic heterocycles. The third kappa shape index (κ3) is 5.91. The van der Waals surface area contributed by atoms with E-state index in [0.717, 1.165) is 4.68 Å². The molecular weight excluding hydrogens is 505 g/mol. The number of anilines is 1. The number of halogens is 3. The number of nitrogen functional groups attached to an aromatic ring is 1. The highest BCUT2D eigenvalue weighted by atomic mass is 19.1. The summed E-state index contributed by atoms with van der Waals surface area (Å²) in [5.41, 5.74) is 5.65. The minimum atomic E-state index is -1.16. The molecule has 4 aromatic rings. The van der Waals surface area contributed by atoms with Crippen LogP contribution >= 0.6 is 0 Å². The molecule has 0 amide bonds. The van der Waals surface area contributed by atoms with E-state index < -0.39 is 37.5 Å². The van der Waals surface area contributed by atoms with Crippen molar-refractivity contribution in [3.8, 4) is 17.4 Å². The van der Waals surface area contributed by atoms with E-state index in [4.69, 9.17) is 20.6 Å². The molecule has 0 saturated heterocycles. The first-order valence-corrected chi connectivity index (χ1v) is 11.3. The van der Waals surface area contributed by atoms with Crippen LogP contribution in [0.25, 0.3) is 5.95 Å². The van der Waals surface area contributed by atoms with Crippen LogP contribution in [-0.4, -0.2) is 57.1 Å². The van der Waals surface area contributed by atoms with E-state index >= 15 is 4.39 Å². The molecule has 0 fully saturated rings. The Morgan fingerprint density at radius 2 is 1.79 bits per heavy atom. The van der Waals surface area contributed by atoms with Crippen LogP contribution in [0.2, 0.25) is 0 Å². The van der Waals surface area contributed by atoms with Crippen LogP contribution in [0.4, 0.5) is 18.9 Å². The molecular formula is C24H23F3N8O3. The van der Waals surface area contributed by atoms with E-state index in [1.165, 1.54) is 24.5 Å². The van der Waals surface area contributed by atoms with Crippen molar-refractivity contribution in [2.24, 2.45) is 5.73 Å². The Labute approximate surface area is 214 Å². The first-order chi connectivity index (χ1) is 18.4. The van der Waals surface area contributed by atoms with Gasteiger partial charge in [-0.1, -0.05) is 0 Å². The molecule has 0 aliphatic heterocycles. The van der Waals surface area contributed by atoms with Gasteiger partial charge in [0, 0.05) is 35.3 Å². The van der Waals surface area contributed by atoms with Gasteiger partial charge in [0.05, 0.1) is 0 Å². The molecule has 5 N–H and O–H groups in total. The molecule has 14 heteroatoms. The molecule has 2 heterocycles. The fourth-order valence-corrected chi connectivity index (χ4v) is 3.51. The maximum Gasteiger partial charge on any atom is 0.350 e. The van der Waals surface area contributed by atoms with Crippen molar-refractivity contribution >= 4 is 11.5 Å². The zero-order valence-electron chi connectivity index (χ0n) is 19.8. The van der Waals surface area contributed by atoms with Gasteiger partial charge in [0.15, 0.2) is 17.4 Å². The first-order valence-electron chi connectivity index (χ1n) is 11.3. The molecule has 0 bridgehead atoms. The summed E-state index contributed by atoms with van der Waals surface area (Å²) in [6.45, 7) is -2.41. The van der Waals surface area contributed by atoms with Gasteiger partial charge in [0.25, 0.3) is 5.95 Å². The van der Waals surface area contributed by atoms with Gasteiger partial charge < -0.3 is 20.5 Å². The Balaban J connectivity index is 1.84. The fourth-order valence-electron chi connectivity index (χ4n) is 3.51. The average molecular weight is 528 g/mol. The standard InChI is InChI=1S/C24H23F3N8O3/c25-6-10-37-16-12-17(19(27)18(13-16)38-11-7-26)20(32-15-4-2-14(3-5-15)21(28)29)22-33-24(36)35(34-22)23-30-8-1-9-31-23/h1-5,8-9,12-13,20,32H,6-7,10-11H2,(H3,28,29)(H,33,34,36). The summed E-state index contributed by atoms with van der Waals surface area (Å²) < 4.78 is 52.8. The molecule has 38 heavy (non-hydrogen) atoms. The topological polar surface area (TPSA) is 157 Å². The molecule has 1 atom stereocenters. The molecule has 0 spiro atoms. The van der Waals surface area contributed by atoms with E-state index in [1.54, 1.807) is 30.3 Å². The van der Waals surface area contributed by atoms with E-state index in [2.05, 4.69) is 25.4 Å². The number of aromatic nitrogens is 5. The number of rotatable bonds is 12. The Morgan fingerprint density at radius 3 is 2.45 bits per heavy atom. The lowest BCUT2D eigenvalue weighted by Gasteiger charge is -2.21. The predicted octanol–water partition coefficient (Wildman–Crippen LogP) is 2.67. The number of hydrogen-bond donors (Lipinski definition) is 4. The van der Waals surface area contributed by atoms with Gasteiger partial charge in [-0.15, -0.1) is 9.78 Å². The van der Waals surface area contributed by atoms with E-state index in [0.29, 0.717) is 11.3 Å². The molecule has 0 radical (unpaired) electrons. The van der Waals surface area contributed by atoms with Gasteiger partial charge >= 0.3 is 5.69 Å². The number of hydrogen-bond acceptors (Lipinski definition) is 8.